The standard InChI is InChI=1S/C14H20N2O4/c1-10(17)11-4-6-12(7-5-11)16-14(18)15-8-13(20-3)9-19-2/h4-7,13H,8-9H2,1-3H3,(H2,15,16,18). The number of hydrogen-bond acceptors (Lipinski definition) is 4. The van der Waals surface area contributed by atoms with Crippen LogP contribution in [0, 0.1) is 0 Å². The molecule has 0 bridgehead atoms. The molecule has 2 N–H and O–H groups in total. The maximum absolute atomic E-state index is 11.7. The van der Waals surface area contributed by atoms with Gasteiger partial charge in [-0.1, -0.05) is 0 Å². The lowest BCUT2D eigenvalue weighted by Gasteiger charge is -2.15. The Hall–Kier alpha value is -1.92. The topological polar surface area (TPSA) is 76.7 Å². The number of hydrogen-bond donors (Lipinski definition) is 2. The van der Waals surface area contributed by atoms with Crippen molar-refractivity contribution in [3.05, 3.63) is 29.8 Å². The van der Waals surface area contributed by atoms with Crippen LogP contribution in [-0.2, 0) is 9.47 Å². The summed E-state index contributed by atoms with van der Waals surface area (Å²) in [5.74, 6) is -0.0106. The molecule has 1 aromatic carbocycles. The lowest BCUT2D eigenvalue weighted by Crippen LogP contribution is -2.37. The second-order valence-corrected chi connectivity index (χ2v) is 4.28. The number of ketones is 1. The number of benzene rings is 1. The van der Waals surface area contributed by atoms with Gasteiger partial charge in [0.25, 0.3) is 0 Å². The Bertz CT molecular complexity index is 445. The number of urea groups is 1. The average molecular weight is 280 g/mol. The summed E-state index contributed by atoms with van der Waals surface area (Å²) in [5.41, 5.74) is 1.23. The third kappa shape index (κ3) is 5.38. The van der Waals surface area contributed by atoms with Crippen molar-refractivity contribution in [3.8, 4) is 0 Å². The van der Waals surface area contributed by atoms with Crippen molar-refractivity contribution in [1.29, 1.82) is 0 Å². The van der Waals surface area contributed by atoms with Crippen molar-refractivity contribution in [2.45, 2.75) is 13.0 Å². The van der Waals surface area contributed by atoms with Gasteiger partial charge in [-0.2, -0.15) is 0 Å². The first-order valence-corrected chi connectivity index (χ1v) is 6.24. The van der Waals surface area contributed by atoms with Crippen LogP contribution in [0.5, 0.6) is 0 Å². The molecule has 1 atom stereocenters. The van der Waals surface area contributed by atoms with E-state index in [1.807, 2.05) is 0 Å². The normalized spacial score (nSPS) is 11.8. The predicted octanol–water partition coefficient (Wildman–Crippen LogP) is 1.67. The van der Waals surface area contributed by atoms with Gasteiger partial charge in [0, 0.05) is 32.0 Å². The van der Waals surface area contributed by atoms with Crippen molar-refractivity contribution in [2.24, 2.45) is 0 Å². The minimum atomic E-state index is -0.335. The van der Waals surface area contributed by atoms with E-state index in [2.05, 4.69) is 10.6 Å². The Morgan fingerprint density at radius 2 is 1.85 bits per heavy atom. The van der Waals surface area contributed by atoms with Gasteiger partial charge in [0.1, 0.15) is 0 Å². The lowest BCUT2D eigenvalue weighted by molar-refractivity contribution is 0.0307. The van der Waals surface area contributed by atoms with Crippen LogP contribution in [-0.4, -0.2) is 45.3 Å². The van der Waals surface area contributed by atoms with E-state index in [4.69, 9.17) is 9.47 Å². The first-order valence-electron chi connectivity index (χ1n) is 6.24. The van der Waals surface area contributed by atoms with Gasteiger partial charge in [-0.15, -0.1) is 0 Å². The Kier molecular flexibility index (Phi) is 6.69. The number of methoxy groups -OCH3 is 2. The van der Waals surface area contributed by atoms with Gasteiger partial charge in [0.15, 0.2) is 5.78 Å². The van der Waals surface area contributed by atoms with Crippen molar-refractivity contribution < 1.29 is 19.1 Å². The molecule has 0 fully saturated rings. The highest BCUT2D eigenvalue weighted by atomic mass is 16.5. The summed E-state index contributed by atoms with van der Waals surface area (Å²) in [6.07, 6.45) is -0.189. The summed E-state index contributed by atoms with van der Waals surface area (Å²) < 4.78 is 10.1. The molecule has 110 valence electrons. The van der Waals surface area contributed by atoms with Gasteiger partial charge >= 0.3 is 6.03 Å². The fourth-order valence-electron chi connectivity index (χ4n) is 1.57. The minimum absolute atomic E-state index is 0.0106. The minimum Gasteiger partial charge on any atom is -0.382 e. The largest absolute Gasteiger partial charge is 0.382 e. The van der Waals surface area contributed by atoms with Crippen LogP contribution >= 0.6 is 0 Å². The zero-order chi connectivity index (χ0) is 15.0. The van der Waals surface area contributed by atoms with Crippen LogP contribution in [0.4, 0.5) is 10.5 Å². The number of rotatable bonds is 7. The van der Waals surface area contributed by atoms with E-state index >= 15 is 0 Å². The average Bonchev–Trinajstić information content (AvgIpc) is 2.44. The summed E-state index contributed by atoms with van der Waals surface area (Å²) in [4.78, 5) is 22.8. The molecule has 6 nitrogen and oxygen atoms in total. The van der Waals surface area contributed by atoms with E-state index in [1.165, 1.54) is 6.92 Å². The Labute approximate surface area is 118 Å². The molecule has 0 aliphatic rings. The van der Waals surface area contributed by atoms with E-state index in [1.54, 1.807) is 38.5 Å². The van der Waals surface area contributed by atoms with E-state index < -0.39 is 0 Å². The molecule has 0 saturated carbocycles. The Morgan fingerprint density at radius 3 is 2.35 bits per heavy atom. The summed E-state index contributed by atoms with van der Waals surface area (Å²) in [5, 5.41) is 5.35. The Morgan fingerprint density at radius 1 is 1.20 bits per heavy atom. The smallest absolute Gasteiger partial charge is 0.319 e. The molecule has 1 aromatic rings. The molecule has 0 heterocycles. The first kappa shape index (κ1) is 16.1. The number of Topliss-reactive ketones (excluding diaryl/α,β-unsaturated/α-hetero) is 1. The third-order valence-electron chi connectivity index (χ3n) is 2.73. The van der Waals surface area contributed by atoms with Crippen LogP contribution < -0.4 is 10.6 Å². The van der Waals surface area contributed by atoms with Crippen molar-refractivity contribution in [1.82, 2.24) is 5.32 Å². The number of anilines is 1. The monoisotopic (exact) mass is 280 g/mol. The van der Waals surface area contributed by atoms with E-state index in [0.717, 1.165) is 0 Å². The van der Waals surface area contributed by atoms with Crippen LogP contribution in [0.1, 0.15) is 17.3 Å². The quantitative estimate of drug-likeness (QED) is 0.745. The molecule has 0 aliphatic heterocycles. The van der Waals surface area contributed by atoms with Gasteiger partial charge in [0.2, 0.25) is 0 Å². The molecular formula is C14H20N2O4. The molecule has 2 amide bonds. The lowest BCUT2D eigenvalue weighted by atomic mass is 10.1. The van der Waals surface area contributed by atoms with Crippen molar-refractivity contribution in [3.63, 3.8) is 0 Å². The molecule has 0 radical (unpaired) electrons. The maximum atomic E-state index is 11.7. The predicted molar refractivity (Wildman–Crippen MR) is 76.1 cm³/mol. The van der Waals surface area contributed by atoms with Gasteiger partial charge < -0.3 is 20.1 Å². The highest BCUT2D eigenvalue weighted by Gasteiger charge is 2.09. The molecule has 0 saturated heterocycles. The van der Waals surface area contributed by atoms with Crippen LogP contribution in [0.25, 0.3) is 0 Å². The highest BCUT2D eigenvalue weighted by Crippen LogP contribution is 2.09. The van der Waals surface area contributed by atoms with E-state index in [9.17, 15) is 9.59 Å². The van der Waals surface area contributed by atoms with Crippen LogP contribution in [0.15, 0.2) is 24.3 Å². The summed E-state index contributed by atoms with van der Waals surface area (Å²) in [7, 11) is 3.13. The van der Waals surface area contributed by atoms with Gasteiger partial charge in [0.05, 0.1) is 12.7 Å². The molecule has 6 heteroatoms. The number of carbonyl (C=O) groups is 2. The zero-order valence-corrected chi connectivity index (χ0v) is 11.9. The van der Waals surface area contributed by atoms with E-state index in [0.29, 0.717) is 24.4 Å². The van der Waals surface area contributed by atoms with Crippen LogP contribution in [0.2, 0.25) is 0 Å². The molecule has 0 aromatic heterocycles. The number of carbonyl (C=O) groups excluding carboxylic acids is 2. The highest BCUT2D eigenvalue weighted by molar-refractivity contribution is 5.95. The Balaban J connectivity index is 2.43. The zero-order valence-electron chi connectivity index (χ0n) is 11.9. The summed E-state index contributed by atoms with van der Waals surface area (Å²) in [6, 6.07) is 6.36. The van der Waals surface area contributed by atoms with Crippen molar-refractivity contribution >= 4 is 17.5 Å². The second-order valence-electron chi connectivity index (χ2n) is 4.28. The van der Waals surface area contributed by atoms with Gasteiger partial charge in [-0.3, -0.25) is 4.79 Å². The first-order chi connectivity index (χ1) is 9.56. The van der Waals surface area contributed by atoms with Crippen LogP contribution in [0.3, 0.4) is 0 Å². The van der Waals surface area contributed by atoms with E-state index in [-0.39, 0.29) is 17.9 Å². The maximum Gasteiger partial charge on any atom is 0.319 e. The molecule has 0 aliphatic carbocycles. The second kappa shape index (κ2) is 8.29. The number of nitrogens with one attached hydrogen (secondary N) is 2. The number of ether oxygens (including phenoxy) is 2. The van der Waals surface area contributed by atoms with Crippen molar-refractivity contribution in [2.75, 3.05) is 32.7 Å². The SMILES string of the molecule is COCC(CNC(=O)Nc1ccc(C(C)=O)cc1)OC. The number of amides is 2. The molecule has 1 rings (SSSR count). The summed E-state index contributed by atoms with van der Waals surface area (Å²) in [6.45, 7) is 2.25. The van der Waals surface area contributed by atoms with Gasteiger partial charge in [-0.05, 0) is 31.2 Å². The fourth-order valence-corrected chi connectivity index (χ4v) is 1.57. The fraction of sp³-hybridized carbons (Fsp3) is 0.429. The third-order valence-corrected chi connectivity index (χ3v) is 2.73. The molecule has 1 unspecified atom stereocenters. The summed E-state index contributed by atoms with van der Waals surface area (Å²) >= 11 is 0. The molecule has 0 spiro atoms. The van der Waals surface area contributed by atoms with Gasteiger partial charge in [-0.25, -0.2) is 4.79 Å². The molecule has 20 heavy (non-hydrogen) atoms. The molecular weight excluding hydrogens is 260 g/mol.